The summed E-state index contributed by atoms with van der Waals surface area (Å²) < 4.78 is 16.8. The summed E-state index contributed by atoms with van der Waals surface area (Å²) >= 11 is 0. The Bertz CT molecular complexity index is 1290. The maximum Gasteiger partial charge on any atom is 0.306 e. The van der Waals surface area contributed by atoms with Crippen molar-refractivity contribution in [3.8, 4) is 0 Å². The second-order valence-electron chi connectivity index (χ2n) is 18.1. The van der Waals surface area contributed by atoms with E-state index in [2.05, 4.69) is 106 Å². The number of hydrogen-bond acceptors (Lipinski definition) is 6. The van der Waals surface area contributed by atoms with E-state index in [1.165, 1.54) is 96.3 Å². The molecule has 6 heteroatoms. The first-order chi connectivity index (χ1) is 32.5. The average molecular weight is 919 g/mol. The standard InChI is InChI=1S/C60H102O6/c1-4-7-10-13-16-19-21-23-24-25-26-27-28-29-30-31-32-33-34-35-36-38-39-41-44-47-50-53-59(62)65-56-57(55-64-58(61)52-49-46-43-18-15-12-9-6-3)66-60(63)54-51-48-45-42-40-37-22-20-17-14-11-8-5-2/h7,10,16,19,23-24,26-27,29-30,32-33,35-36,57H,4-6,8-9,11-15,17-18,20-22,25,28,31,34,37-56H2,1-3H3/b10-7-,19-16-,24-23-,27-26-,30-29-,33-32-,36-35-. The van der Waals surface area contributed by atoms with Gasteiger partial charge in [0.05, 0.1) is 0 Å². The maximum atomic E-state index is 12.8. The van der Waals surface area contributed by atoms with Gasteiger partial charge in [0.1, 0.15) is 13.2 Å². The molecule has 0 N–H and O–H groups in total. The van der Waals surface area contributed by atoms with Crippen LogP contribution in [0.15, 0.2) is 85.1 Å². The van der Waals surface area contributed by atoms with Gasteiger partial charge in [-0.2, -0.15) is 0 Å². The summed E-state index contributed by atoms with van der Waals surface area (Å²) in [7, 11) is 0. The Kier molecular flexibility index (Phi) is 51.4. The highest BCUT2D eigenvalue weighted by Gasteiger charge is 2.19. The zero-order valence-corrected chi connectivity index (χ0v) is 43.2. The molecule has 0 bridgehead atoms. The number of esters is 3. The van der Waals surface area contributed by atoms with Crippen LogP contribution in [-0.2, 0) is 28.6 Å². The second-order valence-corrected chi connectivity index (χ2v) is 18.1. The van der Waals surface area contributed by atoms with Crippen LogP contribution < -0.4 is 0 Å². The lowest BCUT2D eigenvalue weighted by Gasteiger charge is -2.18. The first-order valence-electron chi connectivity index (χ1n) is 27.6. The number of unbranched alkanes of at least 4 members (excludes halogenated alkanes) is 24. The van der Waals surface area contributed by atoms with E-state index in [0.717, 1.165) is 122 Å². The molecule has 0 saturated carbocycles. The highest BCUT2D eigenvalue weighted by atomic mass is 16.6. The van der Waals surface area contributed by atoms with E-state index in [0.29, 0.717) is 19.3 Å². The van der Waals surface area contributed by atoms with Crippen LogP contribution in [0.3, 0.4) is 0 Å². The van der Waals surface area contributed by atoms with Crippen LogP contribution in [0.4, 0.5) is 0 Å². The molecule has 0 rings (SSSR count). The van der Waals surface area contributed by atoms with Gasteiger partial charge in [-0.05, 0) is 77.0 Å². The first-order valence-corrected chi connectivity index (χ1v) is 27.6. The molecule has 0 fully saturated rings. The lowest BCUT2D eigenvalue weighted by molar-refractivity contribution is -0.167. The second kappa shape index (κ2) is 54.2. The van der Waals surface area contributed by atoms with Crippen LogP contribution in [0.25, 0.3) is 0 Å². The van der Waals surface area contributed by atoms with Gasteiger partial charge in [0.2, 0.25) is 0 Å². The summed E-state index contributed by atoms with van der Waals surface area (Å²) in [6, 6.07) is 0. The van der Waals surface area contributed by atoms with E-state index in [1.54, 1.807) is 0 Å². The van der Waals surface area contributed by atoms with Crippen molar-refractivity contribution < 1.29 is 28.6 Å². The molecule has 378 valence electrons. The SMILES string of the molecule is CC/C=C\C/C=C\C/C=C\C/C=C\C/C=C\C/C=C\C/C=C\CCCCCCCC(=O)OCC(COC(=O)CCCCCCCCCC)OC(=O)CCCCCCCCCCCCCCC. The Morgan fingerprint density at radius 2 is 0.591 bits per heavy atom. The minimum atomic E-state index is -0.779. The van der Waals surface area contributed by atoms with Gasteiger partial charge in [-0.1, -0.05) is 247 Å². The van der Waals surface area contributed by atoms with Gasteiger partial charge >= 0.3 is 17.9 Å². The highest BCUT2D eigenvalue weighted by Crippen LogP contribution is 2.15. The molecule has 0 aromatic rings. The van der Waals surface area contributed by atoms with E-state index in [4.69, 9.17) is 14.2 Å². The van der Waals surface area contributed by atoms with E-state index in [9.17, 15) is 14.4 Å². The largest absolute Gasteiger partial charge is 0.462 e. The normalized spacial score (nSPS) is 12.7. The van der Waals surface area contributed by atoms with Crippen LogP contribution in [0.5, 0.6) is 0 Å². The molecule has 1 unspecified atom stereocenters. The predicted octanol–water partition coefficient (Wildman–Crippen LogP) is 18.4. The molecule has 0 saturated heterocycles. The maximum absolute atomic E-state index is 12.8. The van der Waals surface area contributed by atoms with Crippen molar-refractivity contribution in [1.82, 2.24) is 0 Å². The zero-order chi connectivity index (χ0) is 47.9. The number of carbonyl (C=O) groups excluding carboxylic acids is 3. The number of carbonyl (C=O) groups is 3. The zero-order valence-electron chi connectivity index (χ0n) is 43.2. The van der Waals surface area contributed by atoms with E-state index >= 15 is 0 Å². The van der Waals surface area contributed by atoms with Gasteiger partial charge in [-0.15, -0.1) is 0 Å². The third-order valence-electron chi connectivity index (χ3n) is 11.7. The summed E-state index contributed by atoms with van der Waals surface area (Å²) in [5.74, 6) is -0.901. The number of ether oxygens (including phenoxy) is 3. The third-order valence-corrected chi connectivity index (χ3v) is 11.7. The Balaban J connectivity index is 4.25. The molecule has 0 aromatic carbocycles. The lowest BCUT2D eigenvalue weighted by atomic mass is 10.0. The van der Waals surface area contributed by atoms with Crippen LogP contribution in [0.1, 0.15) is 258 Å². The van der Waals surface area contributed by atoms with Crippen molar-refractivity contribution in [2.45, 2.75) is 264 Å². The predicted molar refractivity (Wildman–Crippen MR) is 284 cm³/mol. The molecule has 0 heterocycles. The van der Waals surface area contributed by atoms with Crippen molar-refractivity contribution in [2.24, 2.45) is 0 Å². The molecular weight excluding hydrogens is 817 g/mol. The van der Waals surface area contributed by atoms with Crippen molar-refractivity contribution in [1.29, 1.82) is 0 Å². The monoisotopic (exact) mass is 919 g/mol. The van der Waals surface area contributed by atoms with Gasteiger partial charge in [0.15, 0.2) is 6.10 Å². The Hall–Kier alpha value is -3.41. The summed E-state index contributed by atoms with van der Waals surface area (Å²) in [6.45, 7) is 6.48. The van der Waals surface area contributed by atoms with Crippen LogP contribution in [0.2, 0.25) is 0 Å². The summed E-state index contributed by atoms with van der Waals surface area (Å²) in [6.07, 6.45) is 70.1. The fourth-order valence-electron chi connectivity index (χ4n) is 7.54. The van der Waals surface area contributed by atoms with Gasteiger partial charge in [-0.25, -0.2) is 0 Å². The van der Waals surface area contributed by atoms with E-state index in [-0.39, 0.29) is 31.1 Å². The minimum Gasteiger partial charge on any atom is -0.462 e. The average Bonchev–Trinajstić information content (AvgIpc) is 3.31. The molecule has 0 aliphatic rings. The van der Waals surface area contributed by atoms with Gasteiger partial charge in [0.25, 0.3) is 0 Å². The Morgan fingerprint density at radius 3 is 0.924 bits per heavy atom. The fraction of sp³-hybridized carbons (Fsp3) is 0.717. The molecule has 0 aromatic heterocycles. The van der Waals surface area contributed by atoms with Crippen molar-refractivity contribution >= 4 is 17.9 Å². The van der Waals surface area contributed by atoms with Gasteiger partial charge < -0.3 is 14.2 Å². The number of allylic oxidation sites excluding steroid dienone is 14. The van der Waals surface area contributed by atoms with E-state index in [1.807, 2.05) is 0 Å². The van der Waals surface area contributed by atoms with E-state index < -0.39 is 6.10 Å². The molecular formula is C60H102O6. The molecule has 0 amide bonds. The Labute approximate surface area is 407 Å². The molecule has 0 aliphatic carbocycles. The quantitative estimate of drug-likeness (QED) is 0.0262. The first kappa shape index (κ1) is 62.6. The van der Waals surface area contributed by atoms with Crippen LogP contribution >= 0.6 is 0 Å². The minimum absolute atomic E-state index is 0.0800. The molecule has 1 atom stereocenters. The van der Waals surface area contributed by atoms with Crippen molar-refractivity contribution in [3.05, 3.63) is 85.1 Å². The third kappa shape index (κ3) is 51.6. The molecule has 0 aliphatic heterocycles. The number of rotatable bonds is 49. The van der Waals surface area contributed by atoms with Gasteiger partial charge in [0, 0.05) is 19.3 Å². The smallest absolute Gasteiger partial charge is 0.306 e. The number of hydrogen-bond donors (Lipinski definition) is 0. The summed E-state index contributed by atoms with van der Waals surface area (Å²) in [4.78, 5) is 37.9. The van der Waals surface area contributed by atoms with Crippen molar-refractivity contribution in [2.75, 3.05) is 13.2 Å². The van der Waals surface area contributed by atoms with Crippen LogP contribution in [0, 0.1) is 0 Å². The van der Waals surface area contributed by atoms with Crippen molar-refractivity contribution in [3.63, 3.8) is 0 Å². The van der Waals surface area contributed by atoms with Crippen LogP contribution in [-0.4, -0.2) is 37.2 Å². The summed E-state index contributed by atoms with van der Waals surface area (Å²) in [5.41, 5.74) is 0. The molecule has 6 nitrogen and oxygen atoms in total. The van der Waals surface area contributed by atoms with Gasteiger partial charge in [-0.3, -0.25) is 14.4 Å². The molecule has 0 spiro atoms. The topological polar surface area (TPSA) is 78.9 Å². The lowest BCUT2D eigenvalue weighted by Crippen LogP contribution is -2.30. The molecule has 0 radical (unpaired) electrons. The summed E-state index contributed by atoms with van der Waals surface area (Å²) in [5, 5.41) is 0. The highest BCUT2D eigenvalue weighted by molar-refractivity contribution is 5.71. The fourth-order valence-corrected chi connectivity index (χ4v) is 7.54. The molecule has 66 heavy (non-hydrogen) atoms. The Morgan fingerprint density at radius 1 is 0.318 bits per heavy atom.